The van der Waals surface area contributed by atoms with Gasteiger partial charge in [-0.2, -0.15) is 0 Å². The maximum Gasteiger partial charge on any atom is 0.307 e. The van der Waals surface area contributed by atoms with Gasteiger partial charge in [0.2, 0.25) is 5.91 Å². The minimum atomic E-state index is -0.871. The molecule has 4 aliphatic carbocycles. The first-order valence-electron chi connectivity index (χ1n) is 7.54. The predicted octanol–water partition coefficient (Wildman–Crippen LogP) is 3.05. The van der Waals surface area contributed by atoms with Crippen LogP contribution in [0.1, 0.15) is 6.42 Å². The number of anilines is 1. The Morgan fingerprint density at radius 3 is 2.36 bits per heavy atom. The summed E-state index contributed by atoms with van der Waals surface area (Å²) >= 11 is 6.08. The van der Waals surface area contributed by atoms with Crippen LogP contribution in [0.15, 0.2) is 36.4 Å². The normalized spacial score (nSPS) is 37.5. The van der Waals surface area contributed by atoms with Crippen LogP contribution >= 0.6 is 11.6 Å². The van der Waals surface area contributed by atoms with Crippen LogP contribution in [-0.4, -0.2) is 17.0 Å². The van der Waals surface area contributed by atoms with Crippen molar-refractivity contribution in [3.8, 4) is 0 Å². The van der Waals surface area contributed by atoms with Gasteiger partial charge in [0.25, 0.3) is 0 Å². The van der Waals surface area contributed by atoms with Gasteiger partial charge in [-0.25, -0.2) is 0 Å². The van der Waals surface area contributed by atoms with Crippen molar-refractivity contribution in [1.82, 2.24) is 0 Å². The number of fused-ring (bicyclic) bond motifs is 1. The molecule has 6 atom stereocenters. The summed E-state index contributed by atoms with van der Waals surface area (Å²) in [5.41, 5.74) is 0.538. The predicted molar refractivity (Wildman–Crippen MR) is 82.4 cm³/mol. The number of allylic oxidation sites excluding steroid dienone is 2. The highest BCUT2D eigenvalue weighted by Crippen LogP contribution is 2.63. The van der Waals surface area contributed by atoms with E-state index in [1.165, 1.54) is 0 Å². The highest BCUT2D eigenvalue weighted by molar-refractivity contribution is 6.33. The van der Waals surface area contributed by atoms with Crippen molar-refractivity contribution in [2.45, 2.75) is 6.42 Å². The van der Waals surface area contributed by atoms with E-state index >= 15 is 0 Å². The van der Waals surface area contributed by atoms with Gasteiger partial charge < -0.3 is 10.4 Å². The lowest BCUT2D eigenvalue weighted by Gasteiger charge is -2.41. The molecule has 5 heteroatoms. The van der Waals surface area contributed by atoms with Crippen LogP contribution in [0.2, 0.25) is 5.02 Å². The van der Waals surface area contributed by atoms with E-state index in [2.05, 4.69) is 11.4 Å². The Kier molecular flexibility index (Phi) is 3.05. The van der Waals surface area contributed by atoms with Gasteiger partial charge in [-0.1, -0.05) is 35.9 Å². The molecule has 1 aromatic carbocycles. The molecule has 0 spiro atoms. The molecule has 1 aromatic rings. The topological polar surface area (TPSA) is 66.4 Å². The Bertz CT molecular complexity index is 686. The molecule has 2 fully saturated rings. The van der Waals surface area contributed by atoms with Crippen molar-refractivity contribution in [2.24, 2.45) is 35.5 Å². The number of benzene rings is 1. The molecule has 0 radical (unpaired) electrons. The second kappa shape index (κ2) is 4.85. The molecule has 1 amide bonds. The van der Waals surface area contributed by atoms with E-state index in [1.807, 2.05) is 6.08 Å². The first-order chi connectivity index (χ1) is 10.6. The lowest BCUT2D eigenvalue weighted by Crippen LogP contribution is -2.48. The first-order valence-corrected chi connectivity index (χ1v) is 7.92. The smallest absolute Gasteiger partial charge is 0.307 e. The van der Waals surface area contributed by atoms with E-state index in [4.69, 9.17) is 11.6 Å². The third kappa shape index (κ3) is 1.97. The molecule has 4 aliphatic rings. The maximum atomic E-state index is 12.7. The summed E-state index contributed by atoms with van der Waals surface area (Å²) < 4.78 is 0. The second-order valence-electron chi connectivity index (χ2n) is 6.46. The highest BCUT2D eigenvalue weighted by Gasteiger charge is 2.62. The van der Waals surface area contributed by atoms with E-state index in [1.54, 1.807) is 24.3 Å². The number of nitrogens with one attached hydrogen (secondary N) is 1. The molecule has 2 bridgehead atoms. The third-order valence-electron chi connectivity index (χ3n) is 5.37. The van der Waals surface area contributed by atoms with Gasteiger partial charge >= 0.3 is 5.97 Å². The van der Waals surface area contributed by atoms with Gasteiger partial charge in [0, 0.05) is 0 Å². The monoisotopic (exact) mass is 317 g/mol. The summed E-state index contributed by atoms with van der Waals surface area (Å²) in [5.74, 6) is -1.26. The molecular formula is C17H16ClNO3. The van der Waals surface area contributed by atoms with Gasteiger partial charge in [0.15, 0.2) is 0 Å². The number of para-hydroxylation sites is 1. The van der Waals surface area contributed by atoms with E-state index in [-0.39, 0.29) is 17.7 Å². The number of hydrogen-bond donors (Lipinski definition) is 2. The van der Waals surface area contributed by atoms with Crippen LogP contribution in [0.5, 0.6) is 0 Å². The van der Waals surface area contributed by atoms with E-state index in [0.29, 0.717) is 22.5 Å². The van der Waals surface area contributed by atoms with E-state index in [0.717, 1.165) is 6.42 Å². The number of carboxylic acid groups (broad SMARTS) is 1. The van der Waals surface area contributed by atoms with Crippen LogP contribution < -0.4 is 5.32 Å². The Balaban J connectivity index is 1.63. The molecule has 0 aromatic heterocycles. The van der Waals surface area contributed by atoms with Gasteiger partial charge in [0.05, 0.1) is 22.5 Å². The SMILES string of the molecule is O=C(O)[C@@H]1[C@H]2C=C[C@@H]([C@@H]3C[C@@H]23)[C@@H]1C(=O)Nc1ccccc1Cl. The molecule has 4 nitrogen and oxygen atoms in total. The molecule has 22 heavy (non-hydrogen) atoms. The summed E-state index contributed by atoms with van der Waals surface area (Å²) in [7, 11) is 0. The van der Waals surface area contributed by atoms with Crippen molar-refractivity contribution in [3.05, 3.63) is 41.4 Å². The molecule has 0 aliphatic heterocycles. The van der Waals surface area contributed by atoms with Crippen LogP contribution in [-0.2, 0) is 9.59 Å². The van der Waals surface area contributed by atoms with Gasteiger partial charge in [0.1, 0.15) is 0 Å². The van der Waals surface area contributed by atoms with Gasteiger partial charge in [-0.15, -0.1) is 0 Å². The van der Waals surface area contributed by atoms with Crippen molar-refractivity contribution in [1.29, 1.82) is 0 Å². The molecule has 2 saturated carbocycles. The van der Waals surface area contributed by atoms with Crippen molar-refractivity contribution >= 4 is 29.2 Å². The Morgan fingerprint density at radius 2 is 1.73 bits per heavy atom. The van der Waals surface area contributed by atoms with Gasteiger partial charge in [-0.05, 0) is 42.2 Å². The van der Waals surface area contributed by atoms with Gasteiger partial charge in [-0.3, -0.25) is 9.59 Å². The quantitative estimate of drug-likeness (QED) is 0.842. The number of carboxylic acids is 1. The minimum absolute atomic E-state index is 0.00510. The summed E-state index contributed by atoms with van der Waals surface area (Å²) in [5, 5.41) is 12.9. The second-order valence-corrected chi connectivity index (χ2v) is 6.87. The summed E-state index contributed by atoms with van der Waals surface area (Å²) in [6, 6.07) is 7.01. The Labute approximate surface area is 133 Å². The number of halogens is 1. The number of hydrogen-bond acceptors (Lipinski definition) is 2. The van der Waals surface area contributed by atoms with Crippen LogP contribution in [0.3, 0.4) is 0 Å². The fourth-order valence-corrected chi connectivity index (χ4v) is 4.53. The lowest BCUT2D eigenvalue weighted by molar-refractivity contribution is -0.152. The number of aliphatic carboxylic acids is 1. The number of carbonyl (C=O) groups is 2. The minimum Gasteiger partial charge on any atom is -0.481 e. The number of amides is 1. The fraction of sp³-hybridized carbons (Fsp3) is 0.412. The van der Waals surface area contributed by atoms with Crippen LogP contribution in [0.4, 0.5) is 5.69 Å². The standard InChI is InChI=1S/C17H16ClNO3/c18-12-3-1-2-4-13(12)19-16(20)14-8-5-6-9(11-7-10(8)11)15(14)17(21)22/h1-6,8-11,14-15H,7H2,(H,19,20)(H,21,22)/t8-,9-,10-,11-,14-,15+/m0/s1. The molecule has 5 rings (SSSR count). The third-order valence-corrected chi connectivity index (χ3v) is 5.70. The Hall–Kier alpha value is -1.81. The molecule has 2 N–H and O–H groups in total. The molecule has 0 heterocycles. The van der Waals surface area contributed by atoms with Crippen LogP contribution in [0, 0.1) is 35.5 Å². The molecule has 114 valence electrons. The fourth-order valence-electron chi connectivity index (χ4n) is 4.35. The maximum absolute atomic E-state index is 12.7. The van der Waals surface area contributed by atoms with E-state index < -0.39 is 17.8 Å². The van der Waals surface area contributed by atoms with Crippen LogP contribution in [0.25, 0.3) is 0 Å². The highest BCUT2D eigenvalue weighted by atomic mass is 35.5. The largest absolute Gasteiger partial charge is 0.481 e. The zero-order valence-electron chi connectivity index (χ0n) is 11.8. The first kappa shape index (κ1) is 13.8. The zero-order chi connectivity index (χ0) is 15.4. The average Bonchev–Trinajstić information content (AvgIpc) is 3.30. The summed E-state index contributed by atoms with van der Waals surface area (Å²) in [4.78, 5) is 24.4. The molecule has 0 saturated heterocycles. The van der Waals surface area contributed by atoms with Crippen molar-refractivity contribution in [2.75, 3.05) is 5.32 Å². The Morgan fingerprint density at radius 1 is 1.09 bits per heavy atom. The number of rotatable bonds is 3. The van der Waals surface area contributed by atoms with Crippen molar-refractivity contribution in [3.63, 3.8) is 0 Å². The molecule has 0 unspecified atom stereocenters. The zero-order valence-corrected chi connectivity index (χ0v) is 12.5. The lowest BCUT2D eigenvalue weighted by atomic mass is 9.62. The number of carbonyl (C=O) groups excluding carboxylic acids is 1. The van der Waals surface area contributed by atoms with Crippen molar-refractivity contribution < 1.29 is 14.7 Å². The molecular weight excluding hydrogens is 302 g/mol. The summed E-state index contributed by atoms with van der Waals surface area (Å²) in [6.07, 6.45) is 5.11. The van der Waals surface area contributed by atoms with E-state index in [9.17, 15) is 14.7 Å². The average molecular weight is 318 g/mol. The summed E-state index contributed by atoms with van der Waals surface area (Å²) in [6.45, 7) is 0.